The van der Waals surface area contributed by atoms with Gasteiger partial charge >= 0.3 is 6.09 Å². The van der Waals surface area contributed by atoms with Crippen molar-refractivity contribution in [1.82, 2.24) is 15.5 Å². The van der Waals surface area contributed by atoms with Gasteiger partial charge in [0.05, 0.1) is 69.5 Å². The first-order valence-electron chi connectivity index (χ1n) is 13.5. The number of hydrogen-bond acceptors (Lipinski definition) is 10. The van der Waals surface area contributed by atoms with Crippen LogP contribution in [0.3, 0.4) is 0 Å². The number of rotatable bonds is 16. The number of carbonyl (C=O) groups is 6. The van der Waals surface area contributed by atoms with E-state index in [1.54, 1.807) is 0 Å². The van der Waals surface area contributed by atoms with E-state index >= 15 is 0 Å². The van der Waals surface area contributed by atoms with Crippen molar-refractivity contribution in [3.63, 3.8) is 0 Å². The molecule has 3 N–H and O–H groups in total. The molecule has 1 aromatic rings. The molecule has 1 saturated heterocycles. The van der Waals surface area contributed by atoms with E-state index < -0.39 is 41.7 Å². The number of fused-ring (bicyclic) bond motifs is 1. The summed E-state index contributed by atoms with van der Waals surface area (Å²) in [6.07, 6.45) is -0.419. The molecule has 0 saturated carbocycles. The molecule has 1 atom stereocenters. The van der Waals surface area contributed by atoms with Crippen LogP contribution in [-0.2, 0) is 33.3 Å². The number of hydrogen-bond donors (Lipinski definition) is 3. The highest BCUT2D eigenvalue weighted by molar-refractivity contribution is 6.26. The van der Waals surface area contributed by atoms with Gasteiger partial charge in [-0.1, -0.05) is 19.9 Å². The lowest BCUT2D eigenvalue weighted by molar-refractivity contribution is -0.136. The molecule has 3 rings (SSSR count). The van der Waals surface area contributed by atoms with Crippen LogP contribution in [0.25, 0.3) is 0 Å². The van der Waals surface area contributed by atoms with Crippen LogP contribution < -0.4 is 16.0 Å². The van der Waals surface area contributed by atoms with E-state index in [9.17, 15) is 28.8 Å². The number of imide groups is 2. The summed E-state index contributed by atoms with van der Waals surface area (Å²) in [6.45, 7) is 6.25. The van der Waals surface area contributed by atoms with Crippen LogP contribution in [0.1, 0.15) is 53.8 Å². The van der Waals surface area contributed by atoms with Gasteiger partial charge in [-0.05, 0) is 24.5 Å². The highest BCUT2D eigenvalue weighted by Gasteiger charge is 2.45. The summed E-state index contributed by atoms with van der Waals surface area (Å²) < 4.78 is 21.1. The third-order valence-electron chi connectivity index (χ3n) is 6.02. The van der Waals surface area contributed by atoms with E-state index in [0.717, 1.165) is 4.90 Å². The summed E-state index contributed by atoms with van der Waals surface area (Å²) in [5.74, 6) is -2.67. The Bertz CT molecular complexity index is 1140. The number of anilines is 1. The quantitative estimate of drug-likeness (QED) is 0.189. The zero-order valence-electron chi connectivity index (χ0n) is 23.2. The predicted octanol–water partition coefficient (Wildman–Crippen LogP) is 0.848. The van der Waals surface area contributed by atoms with Crippen molar-refractivity contribution >= 4 is 41.3 Å². The third-order valence-corrected chi connectivity index (χ3v) is 6.02. The number of nitrogens with zero attached hydrogens (tertiary/aromatic N) is 1. The highest BCUT2D eigenvalue weighted by Crippen LogP contribution is 2.32. The van der Waals surface area contributed by atoms with Crippen LogP contribution in [0.2, 0.25) is 0 Å². The van der Waals surface area contributed by atoms with Crippen LogP contribution in [0.4, 0.5) is 10.5 Å². The van der Waals surface area contributed by atoms with Crippen molar-refractivity contribution in [1.29, 1.82) is 0 Å². The molecule has 41 heavy (non-hydrogen) atoms. The molecule has 14 heteroatoms. The Balaban J connectivity index is 1.29. The fourth-order valence-corrected chi connectivity index (χ4v) is 4.06. The normalized spacial score (nSPS) is 16.6. The average Bonchev–Trinajstić information content (AvgIpc) is 3.18. The number of carbonyl (C=O) groups excluding carboxylic acids is 6. The zero-order valence-corrected chi connectivity index (χ0v) is 23.2. The Labute approximate surface area is 237 Å². The minimum absolute atomic E-state index is 0.00161. The van der Waals surface area contributed by atoms with Gasteiger partial charge in [0.1, 0.15) is 6.04 Å². The van der Waals surface area contributed by atoms with E-state index in [0.29, 0.717) is 39.6 Å². The van der Waals surface area contributed by atoms with Gasteiger partial charge in [-0.25, -0.2) is 4.79 Å². The highest BCUT2D eigenvalue weighted by atomic mass is 16.6. The second kappa shape index (κ2) is 15.8. The van der Waals surface area contributed by atoms with Crippen molar-refractivity contribution in [2.45, 2.75) is 39.2 Å². The summed E-state index contributed by atoms with van der Waals surface area (Å²) in [6, 6.07) is 3.39. The number of amides is 6. The third kappa shape index (κ3) is 9.33. The van der Waals surface area contributed by atoms with E-state index in [-0.39, 0.29) is 55.2 Å². The van der Waals surface area contributed by atoms with E-state index in [1.807, 2.05) is 13.8 Å². The van der Waals surface area contributed by atoms with Gasteiger partial charge in [-0.15, -0.1) is 0 Å². The number of ether oxygens (including phenoxy) is 4. The van der Waals surface area contributed by atoms with Crippen molar-refractivity contribution < 1.29 is 47.7 Å². The summed E-state index contributed by atoms with van der Waals surface area (Å²) in [7, 11) is 0. The van der Waals surface area contributed by atoms with Crippen LogP contribution in [0.15, 0.2) is 18.2 Å². The maximum atomic E-state index is 13.1. The van der Waals surface area contributed by atoms with Crippen LogP contribution in [0, 0.1) is 5.92 Å². The molecule has 0 bridgehead atoms. The molecule has 0 aliphatic carbocycles. The summed E-state index contributed by atoms with van der Waals surface area (Å²) in [5.41, 5.74) is 0.246. The molecule has 14 nitrogen and oxygen atoms in total. The average molecular weight is 577 g/mol. The summed E-state index contributed by atoms with van der Waals surface area (Å²) >= 11 is 0. The van der Waals surface area contributed by atoms with Gasteiger partial charge in [0.2, 0.25) is 17.7 Å². The van der Waals surface area contributed by atoms with Gasteiger partial charge in [0.25, 0.3) is 11.8 Å². The van der Waals surface area contributed by atoms with Gasteiger partial charge in [0.15, 0.2) is 0 Å². The topological polar surface area (TPSA) is 179 Å². The Kier molecular flexibility index (Phi) is 12.2. The Hall–Kier alpha value is -3.88. The van der Waals surface area contributed by atoms with Crippen molar-refractivity contribution in [3.05, 3.63) is 29.3 Å². The molecule has 2 aliphatic heterocycles. The van der Waals surface area contributed by atoms with Crippen LogP contribution >= 0.6 is 0 Å². The fourth-order valence-electron chi connectivity index (χ4n) is 4.06. The molecule has 224 valence electrons. The van der Waals surface area contributed by atoms with Crippen LogP contribution in [-0.4, -0.2) is 99.4 Å². The molecule has 1 fully saturated rings. The van der Waals surface area contributed by atoms with E-state index in [4.69, 9.17) is 18.9 Å². The lowest BCUT2D eigenvalue weighted by Gasteiger charge is -2.27. The largest absolute Gasteiger partial charge is 0.449 e. The van der Waals surface area contributed by atoms with E-state index in [1.165, 1.54) is 18.2 Å². The minimum atomic E-state index is -1.09. The molecule has 1 unspecified atom stereocenters. The molecule has 0 spiro atoms. The Morgan fingerprint density at radius 1 is 0.976 bits per heavy atom. The minimum Gasteiger partial charge on any atom is -0.449 e. The first-order chi connectivity index (χ1) is 19.7. The van der Waals surface area contributed by atoms with Gasteiger partial charge in [0, 0.05) is 13.0 Å². The first-order valence-corrected chi connectivity index (χ1v) is 13.5. The maximum absolute atomic E-state index is 13.1. The van der Waals surface area contributed by atoms with Gasteiger partial charge in [-0.2, -0.15) is 0 Å². The molecule has 2 heterocycles. The lowest BCUT2D eigenvalue weighted by Crippen LogP contribution is -2.54. The Morgan fingerprint density at radius 2 is 1.66 bits per heavy atom. The molecular formula is C27H36N4O10. The first kappa shape index (κ1) is 31.6. The maximum Gasteiger partial charge on any atom is 0.407 e. The molecule has 2 aliphatic rings. The lowest BCUT2D eigenvalue weighted by atomic mass is 10.0. The smallest absolute Gasteiger partial charge is 0.407 e. The second-order valence-corrected chi connectivity index (χ2v) is 9.73. The second-order valence-electron chi connectivity index (χ2n) is 9.73. The fraction of sp³-hybridized carbons (Fsp3) is 0.556. The SMILES string of the molecule is CC(C)COC(=O)NCCOCCOCCOCCC(=O)Nc1cccc2c1C(=O)N(C1CCC(=O)NC1=O)C2=O. The predicted molar refractivity (Wildman–Crippen MR) is 143 cm³/mol. The molecule has 0 aromatic heterocycles. The van der Waals surface area contributed by atoms with E-state index in [2.05, 4.69) is 16.0 Å². The molecule has 6 amide bonds. The summed E-state index contributed by atoms with van der Waals surface area (Å²) in [5, 5.41) is 7.36. The number of piperidine rings is 1. The number of benzene rings is 1. The molecule has 1 aromatic carbocycles. The summed E-state index contributed by atoms with van der Waals surface area (Å²) in [4.78, 5) is 74.4. The van der Waals surface area contributed by atoms with Crippen molar-refractivity contribution in [2.24, 2.45) is 5.92 Å². The standard InChI is InChI=1S/C27H36N4O10/c1-17(2)16-41-27(37)28-9-11-39-13-15-40-14-12-38-10-8-22(33)29-19-5-3-4-18-23(19)26(36)31(25(18)35)20-6-7-21(32)30-24(20)34/h3-5,17,20H,6-16H2,1-2H3,(H,28,37)(H,29,33)(H,30,32,34). The number of nitrogens with one attached hydrogen (secondary N) is 3. The Morgan fingerprint density at radius 3 is 2.34 bits per heavy atom. The van der Waals surface area contributed by atoms with Gasteiger partial charge in [-0.3, -0.25) is 34.2 Å². The van der Waals surface area contributed by atoms with Crippen molar-refractivity contribution in [2.75, 3.05) is 58.1 Å². The molecule has 0 radical (unpaired) electrons. The number of alkyl carbamates (subject to hydrolysis) is 1. The monoisotopic (exact) mass is 576 g/mol. The zero-order chi connectivity index (χ0) is 29.8. The molecular weight excluding hydrogens is 540 g/mol. The van der Waals surface area contributed by atoms with Gasteiger partial charge < -0.3 is 29.6 Å². The van der Waals surface area contributed by atoms with Crippen molar-refractivity contribution in [3.8, 4) is 0 Å². The van der Waals surface area contributed by atoms with Crippen LogP contribution in [0.5, 0.6) is 0 Å².